The van der Waals surface area contributed by atoms with Crippen LogP contribution in [0.5, 0.6) is 0 Å². The molecule has 3 atom stereocenters. The van der Waals surface area contributed by atoms with Crippen molar-refractivity contribution in [2.75, 3.05) is 13.1 Å². The van der Waals surface area contributed by atoms with E-state index in [0.717, 1.165) is 12.8 Å². The Morgan fingerprint density at radius 2 is 2.10 bits per heavy atom. The molecule has 0 bridgehead atoms. The predicted molar refractivity (Wildman–Crippen MR) is 69.3 cm³/mol. The second kappa shape index (κ2) is 4.86. The molecule has 2 N–H and O–H groups in total. The van der Waals surface area contributed by atoms with Crippen LogP contribution in [0.25, 0.3) is 0 Å². The largest absolute Gasteiger partial charge is 0.477 e. The van der Waals surface area contributed by atoms with Crippen molar-refractivity contribution in [2.45, 2.75) is 18.9 Å². The molecular formula is C14H16N2O4. The molecule has 3 unspecified atom stereocenters. The number of aliphatic hydroxyl groups is 1. The van der Waals surface area contributed by atoms with Crippen molar-refractivity contribution in [3.63, 3.8) is 0 Å². The summed E-state index contributed by atoms with van der Waals surface area (Å²) in [4.78, 5) is 28.7. The fraction of sp³-hybridized carbons (Fsp3) is 0.500. The minimum absolute atomic E-state index is 0.129. The first-order valence-corrected chi connectivity index (χ1v) is 6.73. The van der Waals surface area contributed by atoms with Crippen molar-refractivity contribution in [1.29, 1.82) is 0 Å². The summed E-state index contributed by atoms with van der Waals surface area (Å²) in [5.41, 5.74) is 0.210. The van der Waals surface area contributed by atoms with Gasteiger partial charge < -0.3 is 15.1 Å². The van der Waals surface area contributed by atoms with E-state index in [2.05, 4.69) is 4.98 Å². The zero-order valence-electron chi connectivity index (χ0n) is 10.9. The van der Waals surface area contributed by atoms with Gasteiger partial charge in [-0.15, -0.1) is 0 Å². The number of carbonyl (C=O) groups excluding carboxylic acids is 1. The van der Waals surface area contributed by atoms with Crippen molar-refractivity contribution < 1.29 is 19.8 Å². The van der Waals surface area contributed by atoms with Crippen molar-refractivity contribution >= 4 is 11.9 Å². The average molecular weight is 276 g/mol. The summed E-state index contributed by atoms with van der Waals surface area (Å²) >= 11 is 0. The third-order valence-electron chi connectivity index (χ3n) is 4.33. The van der Waals surface area contributed by atoms with Crippen molar-refractivity contribution in [2.24, 2.45) is 11.8 Å². The highest BCUT2D eigenvalue weighted by Crippen LogP contribution is 2.38. The third kappa shape index (κ3) is 2.16. The van der Waals surface area contributed by atoms with E-state index in [-0.39, 0.29) is 23.6 Å². The number of aromatic carboxylic acids is 1. The van der Waals surface area contributed by atoms with Crippen LogP contribution in [-0.2, 0) is 0 Å². The highest BCUT2D eigenvalue weighted by molar-refractivity contribution is 5.96. The number of carboxylic acids is 1. The first-order valence-electron chi connectivity index (χ1n) is 6.73. The number of aliphatic hydroxyl groups excluding tert-OH is 1. The number of rotatable bonds is 2. The van der Waals surface area contributed by atoms with Crippen molar-refractivity contribution in [1.82, 2.24) is 9.88 Å². The van der Waals surface area contributed by atoms with E-state index in [1.54, 1.807) is 4.90 Å². The van der Waals surface area contributed by atoms with E-state index in [0.29, 0.717) is 24.6 Å². The zero-order valence-corrected chi connectivity index (χ0v) is 10.9. The maximum absolute atomic E-state index is 12.4. The summed E-state index contributed by atoms with van der Waals surface area (Å²) in [6, 6.07) is 2.83. The van der Waals surface area contributed by atoms with E-state index in [4.69, 9.17) is 5.11 Å². The smallest absolute Gasteiger partial charge is 0.354 e. The van der Waals surface area contributed by atoms with Gasteiger partial charge in [0.2, 0.25) is 0 Å². The van der Waals surface area contributed by atoms with Crippen LogP contribution in [0.3, 0.4) is 0 Å². The molecule has 2 heterocycles. The molecule has 1 aliphatic carbocycles. The molecule has 1 aromatic heterocycles. The SMILES string of the molecule is O=C(O)c1cc(C(=O)N2CC3CCC(O)C3C2)ccn1. The summed E-state index contributed by atoms with van der Waals surface area (Å²) in [7, 11) is 0. The normalized spacial score (nSPS) is 28.4. The lowest BCUT2D eigenvalue weighted by Gasteiger charge is -2.18. The number of carbonyl (C=O) groups is 2. The molecule has 6 heteroatoms. The number of hydrogen-bond acceptors (Lipinski definition) is 4. The van der Waals surface area contributed by atoms with Gasteiger partial charge in [-0.3, -0.25) is 4.79 Å². The van der Waals surface area contributed by atoms with Gasteiger partial charge in [0.1, 0.15) is 5.69 Å². The van der Waals surface area contributed by atoms with E-state index in [1.165, 1.54) is 18.3 Å². The minimum atomic E-state index is -1.15. The molecule has 6 nitrogen and oxygen atoms in total. The lowest BCUT2D eigenvalue weighted by Crippen LogP contribution is -2.31. The van der Waals surface area contributed by atoms with Gasteiger partial charge in [0.25, 0.3) is 5.91 Å². The monoisotopic (exact) mass is 276 g/mol. The highest BCUT2D eigenvalue weighted by Gasteiger charge is 2.43. The van der Waals surface area contributed by atoms with Gasteiger partial charge in [0, 0.05) is 30.8 Å². The lowest BCUT2D eigenvalue weighted by atomic mass is 10.00. The van der Waals surface area contributed by atoms with Gasteiger partial charge in [-0.1, -0.05) is 0 Å². The molecule has 1 aliphatic heterocycles. The van der Waals surface area contributed by atoms with Gasteiger partial charge in [-0.05, 0) is 30.9 Å². The Kier molecular flexibility index (Phi) is 3.17. The fourth-order valence-corrected chi connectivity index (χ4v) is 3.27. The van der Waals surface area contributed by atoms with Crippen molar-refractivity contribution in [3.8, 4) is 0 Å². The lowest BCUT2D eigenvalue weighted by molar-refractivity contribution is 0.0690. The molecule has 2 fully saturated rings. The Labute approximate surface area is 116 Å². The second-order valence-electron chi connectivity index (χ2n) is 5.51. The van der Waals surface area contributed by atoms with Gasteiger partial charge >= 0.3 is 5.97 Å². The molecule has 0 aromatic carbocycles. The Morgan fingerprint density at radius 1 is 1.30 bits per heavy atom. The Bertz CT molecular complexity index is 560. The number of pyridine rings is 1. The third-order valence-corrected chi connectivity index (χ3v) is 4.33. The van der Waals surface area contributed by atoms with Crippen LogP contribution < -0.4 is 0 Å². The van der Waals surface area contributed by atoms with Gasteiger partial charge in [0.15, 0.2) is 0 Å². The predicted octanol–water partition coefficient (Wildman–Crippen LogP) is 0.623. The summed E-state index contributed by atoms with van der Waals surface area (Å²) in [6.07, 6.45) is 2.79. The number of nitrogens with zero attached hydrogens (tertiary/aromatic N) is 2. The van der Waals surface area contributed by atoms with E-state index in [1.807, 2.05) is 0 Å². The maximum Gasteiger partial charge on any atom is 0.354 e. The summed E-state index contributed by atoms with van der Waals surface area (Å²) in [5.74, 6) is -0.792. The zero-order chi connectivity index (χ0) is 14.3. The molecule has 1 aromatic rings. The second-order valence-corrected chi connectivity index (χ2v) is 5.51. The van der Waals surface area contributed by atoms with Gasteiger partial charge in [0.05, 0.1) is 6.10 Å². The maximum atomic E-state index is 12.4. The number of hydrogen-bond donors (Lipinski definition) is 2. The first-order chi connectivity index (χ1) is 9.56. The van der Waals surface area contributed by atoms with Crippen LogP contribution >= 0.6 is 0 Å². The molecule has 0 radical (unpaired) electrons. The van der Waals surface area contributed by atoms with Crippen LogP contribution in [0.2, 0.25) is 0 Å². The molecule has 0 spiro atoms. The Morgan fingerprint density at radius 3 is 2.80 bits per heavy atom. The van der Waals surface area contributed by atoms with Crippen LogP contribution in [0.1, 0.15) is 33.7 Å². The summed E-state index contributed by atoms with van der Waals surface area (Å²) in [6.45, 7) is 1.20. The van der Waals surface area contributed by atoms with E-state index < -0.39 is 5.97 Å². The average Bonchev–Trinajstić information content (AvgIpc) is 3.01. The molecule has 1 amide bonds. The molecule has 3 rings (SSSR count). The quantitative estimate of drug-likeness (QED) is 0.826. The topological polar surface area (TPSA) is 90.7 Å². The Balaban J connectivity index is 1.77. The molecule has 1 saturated carbocycles. The van der Waals surface area contributed by atoms with Crippen LogP contribution in [0.15, 0.2) is 18.3 Å². The summed E-state index contributed by atoms with van der Waals surface area (Å²) in [5, 5.41) is 18.8. The Hall–Kier alpha value is -1.95. The van der Waals surface area contributed by atoms with Crippen LogP contribution in [0, 0.1) is 11.8 Å². The minimum Gasteiger partial charge on any atom is -0.477 e. The molecular weight excluding hydrogens is 260 g/mol. The highest BCUT2D eigenvalue weighted by atomic mass is 16.4. The number of carboxylic acid groups (broad SMARTS) is 1. The number of likely N-dealkylation sites (tertiary alicyclic amines) is 1. The number of aromatic nitrogens is 1. The van der Waals surface area contributed by atoms with Crippen LogP contribution in [0.4, 0.5) is 0 Å². The molecule has 106 valence electrons. The van der Waals surface area contributed by atoms with E-state index in [9.17, 15) is 14.7 Å². The van der Waals surface area contributed by atoms with Crippen LogP contribution in [-0.4, -0.2) is 51.2 Å². The standard InChI is InChI=1S/C14H16N2O4/c17-12-2-1-9-6-16(7-10(9)12)13(18)8-3-4-15-11(5-8)14(19)20/h3-5,9-10,12,17H,1-2,6-7H2,(H,19,20). The molecule has 2 aliphatic rings. The van der Waals surface area contributed by atoms with E-state index >= 15 is 0 Å². The number of amides is 1. The van der Waals surface area contributed by atoms with Crippen molar-refractivity contribution in [3.05, 3.63) is 29.6 Å². The van der Waals surface area contributed by atoms with Gasteiger partial charge in [-0.25, -0.2) is 9.78 Å². The molecule has 1 saturated heterocycles. The fourth-order valence-electron chi connectivity index (χ4n) is 3.27. The molecule has 20 heavy (non-hydrogen) atoms. The summed E-state index contributed by atoms with van der Waals surface area (Å²) < 4.78 is 0. The first kappa shape index (κ1) is 13.1. The van der Waals surface area contributed by atoms with Gasteiger partial charge in [-0.2, -0.15) is 0 Å². The number of fused-ring (bicyclic) bond motifs is 1.